The number of rotatable bonds is 6. The molecule has 1 aromatic rings. The molecule has 0 aromatic heterocycles. The second-order valence-electron chi connectivity index (χ2n) is 5.31. The zero-order chi connectivity index (χ0) is 18.3. The van der Waals surface area contributed by atoms with Gasteiger partial charge in [-0.1, -0.05) is 23.8 Å². The lowest BCUT2D eigenvalue weighted by Crippen LogP contribution is -2.30. The molecule has 130 valence electrons. The van der Waals surface area contributed by atoms with Gasteiger partial charge in [-0.15, -0.1) is 11.8 Å². The lowest BCUT2D eigenvalue weighted by atomic mass is 10.1. The minimum atomic E-state index is -0.945. The number of nitrogen functional groups attached to an aromatic ring is 1. The highest BCUT2D eigenvalue weighted by molar-refractivity contribution is 8.01. The molecule has 1 unspecified atom stereocenters. The topological polar surface area (TPSA) is 78.6 Å². The third-order valence-electron chi connectivity index (χ3n) is 3.46. The molecule has 0 aliphatic heterocycles. The number of thioether (sulfide) groups is 1. The lowest BCUT2D eigenvalue weighted by molar-refractivity contribution is -0.141. The highest BCUT2D eigenvalue weighted by Gasteiger charge is 2.33. The zero-order valence-electron chi connectivity index (χ0n) is 14.6. The maximum Gasteiger partial charge on any atom is 0.337 e. The first kappa shape index (κ1) is 19.8. The van der Waals surface area contributed by atoms with Gasteiger partial charge in [0.15, 0.2) is 0 Å². The van der Waals surface area contributed by atoms with Gasteiger partial charge in [-0.2, -0.15) is 0 Å². The van der Waals surface area contributed by atoms with Gasteiger partial charge in [0, 0.05) is 10.6 Å². The lowest BCUT2D eigenvalue weighted by Gasteiger charge is -2.23. The number of methoxy groups -OCH3 is 2. The van der Waals surface area contributed by atoms with Gasteiger partial charge >= 0.3 is 11.9 Å². The van der Waals surface area contributed by atoms with E-state index >= 15 is 0 Å². The third kappa shape index (κ3) is 4.89. The third-order valence-corrected chi connectivity index (χ3v) is 4.78. The molecule has 24 heavy (non-hydrogen) atoms. The molecule has 0 bridgehead atoms. The Kier molecular flexibility index (Phi) is 7.10. The number of carbonyl (C=O) groups is 2. The number of ether oxygens (including phenoxy) is 2. The van der Waals surface area contributed by atoms with Crippen molar-refractivity contribution >= 4 is 29.4 Å². The van der Waals surface area contributed by atoms with Crippen molar-refractivity contribution in [1.29, 1.82) is 0 Å². The Bertz CT molecular complexity index is 682. The van der Waals surface area contributed by atoms with Crippen LogP contribution in [0.4, 0.5) is 5.69 Å². The summed E-state index contributed by atoms with van der Waals surface area (Å²) in [4.78, 5) is 24.5. The molecular formula is C18H23NO4S. The van der Waals surface area contributed by atoms with E-state index in [1.54, 1.807) is 25.1 Å². The number of anilines is 1. The number of benzene rings is 1. The number of carbonyl (C=O) groups excluding carboxylic acids is 2. The van der Waals surface area contributed by atoms with Crippen molar-refractivity contribution in [2.24, 2.45) is 0 Å². The largest absolute Gasteiger partial charge is 0.468 e. The van der Waals surface area contributed by atoms with Crippen LogP contribution in [-0.2, 0) is 14.3 Å². The van der Waals surface area contributed by atoms with Crippen LogP contribution in [0.3, 0.4) is 0 Å². The van der Waals surface area contributed by atoms with Crippen LogP contribution in [0.5, 0.6) is 0 Å². The van der Waals surface area contributed by atoms with Gasteiger partial charge in [0.1, 0.15) is 4.75 Å². The van der Waals surface area contributed by atoms with Gasteiger partial charge in [0.05, 0.1) is 19.8 Å². The van der Waals surface area contributed by atoms with Crippen LogP contribution in [-0.4, -0.2) is 30.9 Å². The monoisotopic (exact) mass is 349 g/mol. The molecule has 5 nitrogen and oxygen atoms in total. The Morgan fingerprint density at radius 2 is 1.92 bits per heavy atom. The summed E-state index contributed by atoms with van der Waals surface area (Å²) in [5.74, 6) is -0.846. The highest BCUT2D eigenvalue weighted by Crippen LogP contribution is 2.38. The van der Waals surface area contributed by atoms with Crippen LogP contribution in [0.1, 0.15) is 31.1 Å². The Balaban J connectivity index is 3.18. The molecule has 0 spiro atoms. The quantitative estimate of drug-likeness (QED) is 0.366. The second-order valence-corrected chi connectivity index (χ2v) is 6.80. The fourth-order valence-corrected chi connectivity index (χ4v) is 2.92. The predicted molar refractivity (Wildman–Crippen MR) is 97.0 cm³/mol. The number of esters is 2. The first-order valence-electron chi connectivity index (χ1n) is 7.34. The summed E-state index contributed by atoms with van der Waals surface area (Å²) in [5.41, 5.74) is 7.81. The molecule has 0 saturated heterocycles. The van der Waals surface area contributed by atoms with Crippen molar-refractivity contribution < 1.29 is 19.1 Å². The molecule has 1 atom stereocenters. The highest BCUT2D eigenvalue weighted by atomic mass is 32.2. The van der Waals surface area contributed by atoms with Crippen molar-refractivity contribution in [1.82, 2.24) is 0 Å². The summed E-state index contributed by atoms with van der Waals surface area (Å²) < 4.78 is 8.65. The normalized spacial score (nSPS) is 14.3. The van der Waals surface area contributed by atoms with E-state index in [1.165, 1.54) is 32.0 Å². The van der Waals surface area contributed by atoms with Crippen molar-refractivity contribution in [3.63, 3.8) is 0 Å². The van der Waals surface area contributed by atoms with Crippen LogP contribution in [0.15, 0.2) is 46.9 Å². The summed E-state index contributed by atoms with van der Waals surface area (Å²) in [6, 6.07) is 4.85. The maximum absolute atomic E-state index is 12.2. The van der Waals surface area contributed by atoms with Gasteiger partial charge in [-0.25, -0.2) is 4.79 Å². The molecule has 0 saturated carbocycles. The van der Waals surface area contributed by atoms with E-state index in [0.717, 1.165) is 5.57 Å². The van der Waals surface area contributed by atoms with Gasteiger partial charge < -0.3 is 15.2 Å². The maximum atomic E-state index is 12.2. The molecule has 0 amide bonds. The van der Waals surface area contributed by atoms with Crippen molar-refractivity contribution in [2.45, 2.75) is 30.4 Å². The fraction of sp³-hybridized carbons (Fsp3) is 0.333. The predicted octanol–water partition coefficient (Wildman–Crippen LogP) is 3.60. The fourth-order valence-electron chi connectivity index (χ4n) is 1.85. The van der Waals surface area contributed by atoms with E-state index in [4.69, 9.17) is 10.5 Å². The molecule has 0 aliphatic rings. The van der Waals surface area contributed by atoms with E-state index in [2.05, 4.69) is 4.74 Å². The average molecular weight is 349 g/mol. The molecule has 2 N–H and O–H groups in total. The van der Waals surface area contributed by atoms with E-state index < -0.39 is 10.7 Å². The molecule has 1 aromatic carbocycles. The van der Waals surface area contributed by atoms with Crippen molar-refractivity contribution in [3.8, 4) is 0 Å². The number of hydrogen-bond acceptors (Lipinski definition) is 6. The molecule has 0 fully saturated rings. The molecule has 0 heterocycles. The van der Waals surface area contributed by atoms with Gasteiger partial charge in [0.25, 0.3) is 0 Å². The molecule has 0 radical (unpaired) electrons. The van der Waals surface area contributed by atoms with Crippen LogP contribution in [0, 0.1) is 0 Å². The minimum absolute atomic E-state index is 0.361. The van der Waals surface area contributed by atoms with E-state index in [9.17, 15) is 9.59 Å². The standard InChI is InChI=1S/C18H23NO4S/c1-6-12(2)9-10-18(3,17(21)23-5)24-15-8-7-13(11-14(15)19)16(20)22-4/h6-11H,19H2,1-5H3/b10-9-,12-6-. The van der Waals surface area contributed by atoms with Crippen LogP contribution in [0.25, 0.3) is 0 Å². The summed E-state index contributed by atoms with van der Waals surface area (Å²) in [5, 5.41) is 0. The van der Waals surface area contributed by atoms with Crippen LogP contribution >= 0.6 is 11.8 Å². The summed E-state index contributed by atoms with van der Waals surface area (Å²) >= 11 is 1.27. The molecular weight excluding hydrogens is 326 g/mol. The molecule has 1 rings (SSSR count). The SMILES string of the molecule is C/C=C(C)\C=C/C(C)(Sc1ccc(C(=O)OC)cc1N)C(=O)OC. The van der Waals surface area contributed by atoms with Crippen molar-refractivity contribution in [2.75, 3.05) is 20.0 Å². The van der Waals surface area contributed by atoms with Gasteiger partial charge in [-0.3, -0.25) is 4.79 Å². The number of hydrogen-bond donors (Lipinski definition) is 1. The van der Waals surface area contributed by atoms with Gasteiger partial charge in [-0.05, 0) is 39.0 Å². The van der Waals surface area contributed by atoms with Crippen LogP contribution in [0.2, 0.25) is 0 Å². The number of allylic oxidation sites excluding steroid dienone is 3. The van der Waals surface area contributed by atoms with E-state index in [-0.39, 0.29) is 5.97 Å². The smallest absolute Gasteiger partial charge is 0.337 e. The van der Waals surface area contributed by atoms with Crippen molar-refractivity contribution in [3.05, 3.63) is 47.6 Å². The van der Waals surface area contributed by atoms with E-state index in [0.29, 0.717) is 16.1 Å². The second kappa shape index (κ2) is 8.59. The van der Waals surface area contributed by atoms with Gasteiger partial charge in [0.2, 0.25) is 0 Å². The average Bonchev–Trinajstić information content (AvgIpc) is 2.59. The summed E-state index contributed by atoms with van der Waals surface area (Å²) in [6.45, 7) is 5.63. The Morgan fingerprint density at radius 1 is 1.25 bits per heavy atom. The summed E-state index contributed by atoms with van der Waals surface area (Å²) in [6.07, 6.45) is 5.59. The summed E-state index contributed by atoms with van der Waals surface area (Å²) in [7, 11) is 2.66. The molecule has 6 heteroatoms. The zero-order valence-corrected chi connectivity index (χ0v) is 15.4. The van der Waals surface area contributed by atoms with E-state index in [1.807, 2.05) is 26.0 Å². The van der Waals surface area contributed by atoms with Crippen LogP contribution < -0.4 is 5.73 Å². The Hall–Kier alpha value is -2.21. The first-order chi connectivity index (χ1) is 11.3. The Labute approximate surface area is 146 Å². The minimum Gasteiger partial charge on any atom is -0.468 e. The number of nitrogens with two attached hydrogens (primary N) is 1. The first-order valence-corrected chi connectivity index (χ1v) is 8.16. The Morgan fingerprint density at radius 3 is 2.42 bits per heavy atom. The molecule has 0 aliphatic carbocycles.